The van der Waals surface area contributed by atoms with E-state index in [0.717, 1.165) is 18.8 Å². The van der Waals surface area contributed by atoms with Gasteiger partial charge in [0.1, 0.15) is 5.82 Å². The van der Waals surface area contributed by atoms with E-state index in [1.165, 1.54) is 37.5 Å². The Labute approximate surface area is 120 Å². The molecule has 1 aromatic rings. The molecule has 0 heterocycles. The third-order valence-electron chi connectivity index (χ3n) is 3.26. The summed E-state index contributed by atoms with van der Waals surface area (Å²) in [7, 11) is 0. The Morgan fingerprint density at radius 2 is 1.95 bits per heavy atom. The van der Waals surface area contributed by atoms with Crippen LogP contribution in [-0.4, -0.2) is 12.5 Å². The van der Waals surface area contributed by atoms with E-state index in [0.29, 0.717) is 12.1 Å². The van der Waals surface area contributed by atoms with Gasteiger partial charge in [0.25, 0.3) is 5.91 Å². The van der Waals surface area contributed by atoms with Crippen LogP contribution in [0.5, 0.6) is 0 Å². The zero-order valence-electron chi connectivity index (χ0n) is 12.4. The summed E-state index contributed by atoms with van der Waals surface area (Å²) in [6.45, 7) is 5.09. The summed E-state index contributed by atoms with van der Waals surface area (Å²) in [6, 6.07) is 4.12. The molecule has 0 atom stereocenters. The summed E-state index contributed by atoms with van der Waals surface area (Å²) < 4.78 is 13.2. The molecule has 0 aliphatic rings. The monoisotopic (exact) mass is 280 g/mol. The predicted molar refractivity (Wildman–Crippen MR) is 81.1 cm³/mol. The molecule has 3 nitrogen and oxygen atoms in total. The third kappa shape index (κ3) is 6.04. The number of hydrogen-bond acceptors (Lipinski definition) is 2. The minimum Gasteiger partial charge on any atom is -0.396 e. The lowest BCUT2D eigenvalue weighted by Gasteiger charge is -2.07. The van der Waals surface area contributed by atoms with Gasteiger partial charge in [-0.1, -0.05) is 39.5 Å². The van der Waals surface area contributed by atoms with Crippen molar-refractivity contribution in [3.8, 4) is 0 Å². The van der Waals surface area contributed by atoms with Gasteiger partial charge in [-0.05, 0) is 30.5 Å². The van der Waals surface area contributed by atoms with Gasteiger partial charge in [-0.2, -0.15) is 0 Å². The van der Waals surface area contributed by atoms with E-state index in [9.17, 15) is 9.18 Å². The van der Waals surface area contributed by atoms with E-state index in [4.69, 9.17) is 5.73 Å². The molecule has 0 fully saturated rings. The SMILES string of the molecule is CC(C)CCCCCCNC(=O)c1ccc(N)c(F)c1. The normalized spacial score (nSPS) is 10.8. The first-order valence-corrected chi connectivity index (χ1v) is 7.34. The zero-order valence-corrected chi connectivity index (χ0v) is 12.4. The average Bonchev–Trinajstić information content (AvgIpc) is 2.40. The van der Waals surface area contributed by atoms with E-state index in [2.05, 4.69) is 19.2 Å². The molecule has 0 aliphatic heterocycles. The van der Waals surface area contributed by atoms with Crippen LogP contribution in [0.1, 0.15) is 56.3 Å². The molecular formula is C16H25FN2O. The smallest absolute Gasteiger partial charge is 0.251 e. The minimum atomic E-state index is -0.550. The van der Waals surface area contributed by atoms with Gasteiger partial charge in [0.2, 0.25) is 0 Å². The van der Waals surface area contributed by atoms with E-state index < -0.39 is 5.82 Å². The van der Waals surface area contributed by atoms with Gasteiger partial charge in [-0.15, -0.1) is 0 Å². The molecule has 3 N–H and O–H groups in total. The molecule has 20 heavy (non-hydrogen) atoms. The van der Waals surface area contributed by atoms with Crippen molar-refractivity contribution in [2.75, 3.05) is 12.3 Å². The standard InChI is InChI=1S/C16H25FN2O/c1-12(2)7-5-3-4-6-10-19-16(20)13-8-9-15(18)14(17)11-13/h8-9,11-12H,3-7,10,18H2,1-2H3,(H,19,20). The number of rotatable bonds is 8. The number of carbonyl (C=O) groups excluding carboxylic acids is 1. The lowest BCUT2D eigenvalue weighted by molar-refractivity contribution is 0.0952. The van der Waals surface area contributed by atoms with Gasteiger partial charge in [0, 0.05) is 12.1 Å². The third-order valence-corrected chi connectivity index (χ3v) is 3.26. The van der Waals surface area contributed by atoms with Crippen molar-refractivity contribution in [2.24, 2.45) is 5.92 Å². The van der Waals surface area contributed by atoms with Gasteiger partial charge < -0.3 is 11.1 Å². The van der Waals surface area contributed by atoms with Crippen molar-refractivity contribution < 1.29 is 9.18 Å². The topological polar surface area (TPSA) is 55.1 Å². The van der Waals surface area contributed by atoms with Crippen LogP contribution >= 0.6 is 0 Å². The lowest BCUT2D eigenvalue weighted by Crippen LogP contribution is -2.24. The quantitative estimate of drug-likeness (QED) is 0.563. The molecule has 0 unspecified atom stereocenters. The number of halogens is 1. The summed E-state index contributed by atoms with van der Waals surface area (Å²) >= 11 is 0. The number of benzene rings is 1. The van der Waals surface area contributed by atoms with Crippen LogP contribution in [0.2, 0.25) is 0 Å². The lowest BCUT2D eigenvalue weighted by atomic mass is 10.0. The maximum Gasteiger partial charge on any atom is 0.251 e. The molecule has 1 amide bonds. The second kappa shape index (κ2) is 8.56. The molecule has 112 valence electrons. The van der Waals surface area contributed by atoms with Crippen LogP contribution in [0.3, 0.4) is 0 Å². The van der Waals surface area contributed by atoms with Gasteiger partial charge in [-0.3, -0.25) is 4.79 Å². The summed E-state index contributed by atoms with van der Waals surface area (Å²) in [5, 5.41) is 2.80. The molecule has 0 aliphatic carbocycles. The van der Waals surface area contributed by atoms with Gasteiger partial charge in [-0.25, -0.2) is 4.39 Å². The van der Waals surface area contributed by atoms with E-state index in [1.54, 1.807) is 0 Å². The van der Waals surface area contributed by atoms with E-state index in [-0.39, 0.29) is 11.6 Å². The Hall–Kier alpha value is -1.58. The Bertz CT molecular complexity index is 432. The number of nitrogen functional groups attached to an aromatic ring is 1. The zero-order chi connectivity index (χ0) is 15.0. The Morgan fingerprint density at radius 3 is 2.60 bits per heavy atom. The second-order valence-electron chi connectivity index (χ2n) is 5.59. The van der Waals surface area contributed by atoms with Gasteiger partial charge >= 0.3 is 0 Å². The number of hydrogen-bond donors (Lipinski definition) is 2. The fraction of sp³-hybridized carbons (Fsp3) is 0.562. The number of nitrogens with two attached hydrogens (primary N) is 1. The number of carbonyl (C=O) groups is 1. The summed E-state index contributed by atoms with van der Waals surface area (Å²) in [5.41, 5.74) is 5.75. The van der Waals surface area contributed by atoms with Crippen LogP contribution in [0.4, 0.5) is 10.1 Å². The van der Waals surface area contributed by atoms with Crippen molar-refractivity contribution in [3.63, 3.8) is 0 Å². The van der Waals surface area contributed by atoms with Crippen LogP contribution in [-0.2, 0) is 0 Å². The fourth-order valence-electron chi connectivity index (χ4n) is 2.00. The van der Waals surface area contributed by atoms with Crippen LogP contribution in [0.15, 0.2) is 18.2 Å². The predicted octanol–water partition coefficient (Wildman–Crippen LogP) is 3.74. The van der Waals surface area contributed by atoms with Gasteiger partial charge in [0.05, 0.1) is 5.69 Å². The van der Waals surface area contributed by atoms with Crippen molar-refractivity contribution >= 4 is 11.6 Å². The summed E-state index contributed by atoms with van der Waals surface area (Å²) in [6.07, 6.45) is 5.78. The van der Waals surface area contributed by atoms with Crippen molar-refractivity contribution in [2.45, 2.75) is 46.0 Å². The van der Waals surface area contributed by atoms with Crippen molar-refractivity contribution in [1.82, 2.24) is 5.32 Å². The first-order valence-electron chi connectivity index (χ1n) is 7.34. The molecule has 4 heteroatoms. The average molecular weight is 280 g/mol. The van der Waals surface area contributed by atoms with Gasteiger partial charge in [0.15, 0.2) is 0 Å². The van der Waals surface area contributed by atoms with Crippen molar-refractivity contribution in [3.05, 3.63) is 29.6 Å². The Balaban J connectivity index is 2.18. The number of nitrogens with one attached hydrogen (secondary N) is 1. The number of anilines is 1. The van der Waals surface area contributed by atoms with Crippen LogP contribution < -0.4 is 11.1 Å². The first-order chi connectivity index (χ1) is 9.50. The summed E-state index contributed by atoms with van der Waals surface area (Å²) in [4.78, 5) is 11.8. The highest BCUT2D eigenvalue weighted by atomic mass is 19.1. The largest absolute Gasteiger partial charge is 0.396 e. The van der Waals surface area contributed by atoms with Crippen LogP contribution in [0, 0.1) is 11.7 Å². The highest BCUT2D eigenvalue weighted by Crippen LogP contribution is 2.12. The second-order valence-corrected chi connectivity index (χ2v) is 5.59. The van der Waals surface area contributed by atoms with Crippen molar-refractivity contribution in [1.29, 1.82) is 0 Å². The maximum atomic E-state index is 13.2. The number of unbranched alkanes of at least 4 members (excludes halogenated alkanes) is 3. The van der Waals surface area contributed by atoms with E-state index >= 15 is 0 Å². The molecule has 0 aromatic heterocycles. The Morgan fingerprint density at radius 1 is 1.25 bits per heavy atom. The molecule has 0 bridgehead atoms. The first kappa shape index (κ1) is 16.5. The molecule has 0 spiro atoms. The molecule has 1 rings (SSSR count). The molecule has 0 radical (unpaired) electrons. The maximum absolute atomic E-state index is 13.2. The van der Waals surface area contributed by atoms with E-state index in [1.807, 2.05) is 0 Å². The molecule has 0 saturated carbocycles. The fourth-order valence-corrected chi connectivity index (χ4v) is 2.00. The summed E-state index contributed by atoms with van der Waals surface area (Å²) in [5.74, 6) is -0.0347. The Kier molecular flexibility index (Phi) is 7.05. The minimum absolute atomic E-state index is 0.0618. The highest BCUT2D eigenvalue weighted by molar-refractivity contribution is 5.94. The molecular weight excluding hydrogens is 255 g/mol. The highest BCUT2D eigenvalue weighted by Gasteiger charge is 2.07. The molecule has 0 saturated heterocycles. The molecule has 1 aromatic carbocycles. The van der Waals surface area contributed by atoms with Crippen LogP contribution in [0.25, 0.3) is 0 Å². The number of amides is 1.